The van der Waals surface area contributed by atoms with Crippen LogP contribution in [0.25, 0.3) is 0 Å². The molecule has 0 heteroatoms. The van der Waals surface area contributed by atoms with Gasteiger partial charge in [-0.15, -0.1) is 0 Å². The van der Waals surface area contributed by atoms with E-state index in [1.807, 2.05) is 6.08 Å². The van der Waals surface area contributed by atoms with Crippen molar-refractivity contribution < 1.29 is 0 Å². The molecule has 0 saturated heterocycles. The lowest BCUT2D eigenvalue weighted by Crippen LogP contribution is -1.73. The van der Waals surface area contributed by atoms with Crippen LogP contribution in [0.5, 0.6) is 0 Å². The normalized spacial score (nSPS) is 10.2. The monoisotopic (exact) mass is 149 g/mol. The third-order valence-electron chi connectivity index (χ3n) is 1.61. The zero-order valence-electron chi connectivity index (χ0n) is 7.40. The lowest BCUT2D eigenvalue weighted by Gasteiger charge is -1.92. The largest absolute Gasteiger partial charge is 0.0876 e. The molecular formula is C11H17. The minimum Gasteiger partial charge on any atom is -0.0876 e. The number of rotatable bonds is 6. The van der Waals surface area contributed by atoms with Gasteiger partial charge in [0.15, 0.2) is 0 Å². The Morgan fingerprint density at radius 1 is 1.18 bits per heavy atom. The molecule has 0 amide bonds. The van der Waals surface area contributed by atoms with E-state index < -0.39 is 0 Å². The first-order valence-electron chi connectivity index (χ1n) is 4.46. The molecule has 0 fully saturated rings. The van der Waals surface area contributed by atoms with E-state index in [0.29, 0.717) is 6.42 Å². The molecule has 0 bridgehead atoms. The van der Waals surface area contributed by atoms with E-state index >= 15 is 0 Å². The summed E-state index contributed by atoms with van der Waals surface area (Å²) in [5.74, 6) is 2.33. The van der Waals surface area contributed by atoms with E-state index in [9.17, 15) is 0 Å². The molecule has 0 rings (SSSR count). The molecule has 0 aliphatic carbocycles. The van der Waals surface area contributed by atoms with Crippen LogP contribution in [0.15, 0.2) is 12.2 Å². The van der Waals surface area contributed by atoms with E-state index in [1.165, 1.54) is 32.1 Å². The van der Waals surface area contributed by atoms with Crippen molar-refractivity contribution in [2.45, 2.75) is 45.4 Å². The fraction of sp³-hybridized carbons (Fsp3) is 0.636. The lowest BCUT2D eigenvalue weighted by atomic mass is 10.1. The Kier molecular flexibility index (Phi) is 8.71. The van der Waals surface area contributed by atoms with Crippen LogP contribution in [-0.2, 0) is 0 Å². The van der Waals surface area contributed by atoms with Gasteiger partial charge in [0.05, 0.1) is 0 Å². The summed E-state index contributed by atoms with van der Waals surface area (Å²) >= 11 is 0. The smallest absolute Gasteiger partial charge is 0.0279 e. The average Bonchev–Trinajstić information content (AvgIpc) is 2.03. The topological polar surface area (TPSA) is 0 Å². The highest BCUT2D eigenvalue weighted by molar-refractivity contribution is 4.92. The van der Waals surface area contributed by atoms with Crippen molar-refractivity contribution in [1.82, 2.24) is 0 Å². The molecule has 0 nitrogen and oxygen atoms in total. The average molecular weight is 149 g/mol. The third kappa shape index (κ3) is 9.30. The fourth-order valence-corrected chi connectivity index (χ4v) is 0.949. The van der Waals surface area contributed by atoms with E-state index in [4.69, 9.17) is 6.42 Å². The van der Waals surface area contributed by atoms with Crippen LogP contribution in [0, 0.1) is 12.3 Å². The highest BCUT2D eigenvalue weighted by Crippen LogP contribution is 2.02. The molecule has 0 aliphatic heterocycles. The van der Waals surface area contributed by atoms with Crippen molar-refractivity contribution in [2.75, 3.05) is 0 Å². The van der Waals surface area contributed by atoms with Crippen LogP contribution in [0.2, 0.25) is 0 Å². The van der Waals surface area contributed by atoms with Crippen LogP contribution < -0.4 is 0 Å². The molecule has 0 saturated carbocycles. The van der Waals surface area contributed by atoms with Crippen LogP contribution in [-0.4, -0.2) is 0 Å². The maximum atomic E-state index is 6.65. The SMILES string of the molecule is [C]#CCC=CCCCCCC. The van der Waals surface area contributed by atoms with Gasteiger partial charge in [-0.05, 0) is 19.3 Å². The molecule has 0 atom stereocenters. The van der Waals surface area contributed by atoms with Gasteiger partial charge in [0, 0.05) is 6.42 Å². The minimum absolute atomic E-state index is 0.674. The second-order valence-electron chi connectivity index (χ2n) is 2.70. The molecule has 0 aromatic carbocycles. The summed E-state index contributed by atoms with van der Waals surface area (Å²) in [7, 11) is 0. The molecule has 0 heterocycles. The van der Waals surface area contributed by atoms with Crippen molar-refractivity contribution >= 4 is 0 Å². The van der Waals surface area contributed by atoms with Gasteiger partial charge in [0.1, 0.15) is 0 Å². The molecule has 61 valence electrons. The van der Waals surface area contributed by atoms with Gasteiger partial charge in [-0.2, -0.15) is 0 Å². The Balaban J connectivity index is 2.96. The number of unbranched alkanes of at least 4 members (excludes halogenated alkanes) is 4. The van der Waals surface area contributed by atoms with Crippen molar-refractivity contribution in [3.63, 3.8) is 0 Å². The Bertz CT molecular complexity index is 125. The molecule has 0 spiro atoms. The summed E-state index contributed by atoms with van der Waals surface area (Å²) in [6.45, 7) is 2.22. The molecule has 0 aliphatic rings. The summed E-state index contributed by atoms with van der Waals surface area (Å²) in [5.41, 5.74) is 0. The minimum atomic E-state index is 0.674. The standard InChI is InChI=1S/C11H17/c1-3-5-7-9-11-10-8-6-4-2/h8,10H,3,5-7,9,11H2,1H3. The maximum Gasteiger partial charge on any atom is 0.0279 e. The van der Waals surface area contributed by atoms with E-state index in [1.54, 1.807) is 0 Å². The fourth-order valence-electron chi connectivity index (χ4n) is 0.949. The molecule has 0 unspecified atom stereocenters. The van der Waals surface area contributed by atoms with Gasteiger partial charge in [-0.1, -0.05) is 44.3 Å². The van der Waals surface area contributed by atoms with Gasteiger partial charge in [0.25, 0.3) is 0 Å². The van der Waals surface area contributed by atoms with Gasteiger partial charge in [-0.3, -0.25) is 0 Å². The maximum absolute atomic E-state index is 6.65. The molecule has 0 N–H and O–H groups in total. The van der Waals surface area contributed by atoms with Crippen molar-refractivity contribution in [3.8, 4) is 5.92 Å². The van der Waals surface area contributed by atoms with Crippen molar-refractivity contribution in [3.05, 3.63) is 18.6 Å². The number of allylic oxidation sites excluding steroid dienone is 2. The lowest BCUT2D eigenvalue weighted by molar-refractivity contribution is 0.674. The first-order valence-corrected chi connectivity index (χ1v) is 4.46. The van der Waals surface area contributed by atoms with Crippen molar-refractivity contribution in [2.24, 2.45) is 0 Å². The van der Waals surface area contributed by atoms with Crippen LogP contribution in [0.3, 0.4) is 0 Å². The van der Waals surface area contributed by atoms with E-state index in [2.05, 4.69) is 18.9 Å². The van der Waals surface area contributed by atoms with Gasteiger partial charge >= 0.3 is 0 Å². The first-order chi connectivity index (χ1) is 5.41. The molecular weight excluding hydrogens is 132 g/mol. The Hall–Kier alpha value is -0.700. The first kappa shape index (κ1) is 10.3. The second-order valence-corrected chi connectivity index (χ2v) is 2.70. The summed E-state index contributed by atoms with van der Waals surface area (Å²) in [4.78, 5) is 0. The summed E-state index contributed by atoms with van der Waals surface area (Å²) in [6, 6.07) is 0. The second kappa shape index (κ2) is 9.30. The predicted octanol–water partition coefficient (Wildman–Crippen LogP) is 3.49. The molecule has 0 aromatic rings. The van der Waals surface area contributed by atoms with Crippen LogP contribution in [0.1, 0.15) is 45.4 Å². The number of hydrogen-bond donors (Lipinski definition) is 0. The Morgan fingerprint density at radius 3 is 2.64 bits per heavy atom. The molecule has 0 aromatic heterocycles. The van der Waals surface area contributed by atoms with Gasteiger partial charge in [0.2, 0.25) is 0 Å². The van der Waals surface area contributed by atoms with Gasteiger partial charge < -0.3 is 0 Å². The predicted molar refractivity (Wildman–Crippen MR) is 49.6 cm³/mol. The quantitative estimate of drug-likeness (QED) is 0.308. The highest BCUT2D eigenvalue weighted by Gasteiger charge is 1.83. The van der Waals surface area contributed by atoms with Gasteiger partial charge in [-0.25, -0.2) is 0 Å². The zero-order chi connectivity index (χ0) is 8.36. The molecule has 1 radical (unpaired) electrons. The highest BCUT2D eigenvalue weighted by atomic mass is 13.9. The Labute approximate surface area is 70.7 Å². The zero-order valence-corrected chi connectivity index (χ0v) is 7.40. The summed E-state index contributed by atoms with van der Waals surface area (Å²) < 4.78 is 0. The van der Waals surface area contributed by atoms with Crippen LogP contribution >= 0.6 is 0 Å². The van der Waals surface area contributed by atoms with Crippen molar-refractivity contribution in [1.29, 1.82) is 0 Å². The number of hydrogen-bond acceptors (Lipinski definition) is 0. The third-order valence-corrected chi connectivity index (χ3v) is 1.61. The summed E-state index contributed by atoms with van der Waals surface area (Å²) in [5, 5.41) is 0. The summed E-state index contributed by atoms with van der Waals surface area (Å²) in [6.07, 6.45) is 17.9. The van der Waals surface area contributed by atoms with E-state index in [0.717, 1.165) is 0 Å². The molecule has 11 heavy (non-hydrogen) atoms. The Morgan fingerprint density at radius 2 is 2.00 bits per heavy atom. The van der Waals surface area contributed by atoms with Crippen LogP contribution in [0.4, 0.5) is 0 Å². The van der Waals surface area contributed by atoms with E-state index in [-0.39, 0.29) is 0 Å².